The number of nitrogens with one attached hydrogen (secondary N) is 3. The first kappa shape index (κ1) is 18.3. The second-order valence-electron chi connectivity index (χ2n) is 6.93. The molecule has 0 bridgehead atoms. The van der Waals surface area contributed by atoms with Gasteiger partial charge in [-0.3, -0.25) is 20.4 Å². The van der Waals surface area contributed by atoms with Crippen molar-refractivity contribution in [3.05, 3.63) is 40.3 Å². The maximum Gasteiger partial charge on any atom is 0.290 e. The number of hydrogen-bond acceptors (Lipinski definition) is 4. The molecule has 3 N–H and O–H groups in total. The largest absolute Gasteiger partial charge is 0.359 e. The zero-order valence-corrected chi connectivity index (χ0v) is 15.7. The van der Waals surface area contributed by atoms with Gasteiger partial charge < -0.3 is 5.32 Å². The topological polar surface area (TPSA) is 88.1 Å². The van der Waals surface area contributed by atoms with Crippen molar-refractivity contribution in [2.24, 2.45) is 5.92 Å². The molecule has 2 aromatic rings. The van der Waals surface area contributed by atoms with Crippen LogP contribution < -0.4 is 21.7 Å². The van der Waals surface area contributed by atoms with Crippen LogP contribution in [0.1, 0.15) is 43.6 Å². The van der Waals surface area contributed by atoms with E-state index < -0.39 is 5.91 Å². The monoisotopic (exact) mass is 373 g/mol. The van der Waals surface area contributed by atoms with Crippen LogP contribution >= 0.6 is 12.2 Å². The first-order chi connectivity index (χ1) is 12.5. The summed E-state index contributed by atoms with van der Waals surface area (Å²) in [5, 5.41) is 8.77. The second-order valence-corrected chi connectivity index (χ2v) is 7.34. The van der Waals surface area contributed by atoms with E-state index >= 15 is 0 Å². The Balaban J connectivity index is 1.85. The summed E-state index contributed by atoms with van der Waals surface area (Å²) in [4.78, 5) is 25.3. The van der Waals surface area contributed by atoms with E-state index in [0.717, 1.165) is 19.3 Å². The van der Waals surface area contributed by atoms with Crippen LogP contribution in [-0.4, -0.2) is 26.8 Å². The fourth-order valence-corrected chi connectivity index (χ4v) is 2.77. The predicted molar refractivity (Wildman–Crippen MR) is 105 cm³/mol. The molecule has 7 nitrogen and oxygen atoms in total. The number of rotatable bonds is 5. The van der Waals surface area contributed by atoms with Crippen molar-refractivity contribution in [1.29, 1.82) is 0 Å². The molecule has 0 unspecified atom stereocenters. The Morgan fingerprint density at radius 1 is 1.27 bits per heavy atom. The lowest BCUT2D eigenvalue weighted by molar-refractivity contribution is 0.0938. The Hall–Kier alpha value is -2.48. The standard InChI is InChI=1S/C18H23N5O2S/c1-11(2)9-10-23-17(25)14-6-4-3-5-13(14)15(22-23)16(24)20-21-18(26)19-12-7-8-12/h3-6,11-12H,7-10H2,1-2H3,(H,20,24)(H2,19,21,26). The van der Waals surface area contributed by atoms with E-state index in [1.165, 1.54) is 4.68 Å². The van der Waals surface area contributed by atoms with Crippen LogP contribution in [0.4, 0.5) is 0 Å². The molecule has 1 fully saturated rings. The normalized spacial score (nSPS) is 13.7. The van der Waals surface area contributed by atoms with E-state index in [4.69, 9.17) is 12.2 Å². The summed E-state index contributed by atoms with van der Waals surface area (Å²) >= 11 is 5.14. The van der Waals surface area contributed by atoms with Crippen LogP contribution in [0.2, 0.25) is 0 Å². The summed E-state index contributed by atoms with van der Waals surface area (Å²) in [7, 11) is 0. The first-order valence-electron chi connectivity index (χ1n) is 8.82. The zero-order chi connectivity index (χ0) is 18.7. The van der Waals surface area contributed by atoms with E-state index in [1.54, 1.807) is 24.3 Å². The summed E-state index contributed by atoms with van der Waals surface area (Å²) in [5.41, 5.74) is 5.28. The van der Waals surface area contributed by atoms with Crippen LogP contribution in [0.5, 0.6) is 0 Å². The molecular weight excluding hydrogens is 350 g/mol. The molecule has 26 heavy (non-hydrogen) atoms. The predicted octanol–water partition coefficient (Wildman–Crippen LogP) is 1.71. The van der Waals surface area contributed by atoms with Gasteiger partial charge >= 0.3 is 0 Å². The van der Waals surface area contributed by atoms with Crippen molar-refractivity contribution in [3.63, 3.8) is 0 Å². The van der Waals surface area contributed by atoms with Gasteiger partial charge in [0.2, 0.25) is 0 Å². The maximum atomic E-state index is 12.6. The van der Waals surface area contributed by atoms with Crippen molar-refractivity contribution in [1.82, 2.24) is 25.9 Å². The third kappa shape index (κ3) is 4.37. The smallest absolute Gasteiger partial charge is 0.290 e. The molecule has 0 radical (unpaired) electrons. The number of carbonyl (C=O) groups is 1. The van der Waals surface area contributed by atoms with Crippen LogP contribution in [-0.2, 0) is 6.54 Å². The van der Waals surface area contributed by atoms with E-state index in [9.17, 15) is 9.59 Å². The quantitative estimate of drug-likeness (QED) is 0.546. The Labute approximate surface area is 157 Å². The third-order valence-corrected chi connectivity index (χ3v) is 4.42. The van der Waals surface area contributed by atoms with E-state index in [-0.39, 0.29) is 11.3 Å². The van der Waals surface area contributed by atoms with Crippen LogP contribution in [0, 0.1) is 5.92 Å². The Bertz CT molecular complexity index is 889. The minimum atomic E-state index is -0.431. The summed E-state index contributed by atoms with van der Waals surface area (Å²) in [6, 6.07) is 7.40. The van der Waals surface area contributed by atoms with Crippen LogP contribution in [0.3, 0.4) is 0 Å². The van der Waals surface area contributed by atoms with Gasteiger partial charge in [-0.15, -0.1) is 0 Å². The Morgan fingerprint density at radius 3 is 2.62 bits per heavy atom. The molecule has 1 aliphatic rings. The molecule has 0 spiro atoms. The number of hydrogen-bond donors (Lipinski definition) is 3. The number of hydrazine groups is 1. The van der Waals surface area contributed by atoms with Crippen molar-refractivity contribution >= 4 is 34.0 Å². The minimum absolute atomic E-state index is 0.184. The number of carbonyl (C=O) groups excluding carboxylic acids is 1. The van der Waals surface area contributed by atoms with Gasteiger partial charge in [-0.1, -0.05) is 32.0 Å². The number of nitrogens with zero attached hydrogens (tertiary/aromatic N) is 2. The highest BCUT2D eigenvalue weighted by atomic mass is 32.1. The van der Waals surface area contributed by atoms with E-state index in [0.29, 0.717) is 34.4 Å². The van der Waals surface area contributed by atoms with Crippen molar-refractivity contribution in [2.75, 3.05) is 0 Å². The highest BCUT2D eigenvalue weighted by Gasteiger charge is 2.22. The van der Waals surface area contributed by atoms with Crippen molar-refractivity contribution in [2.45, 2.75) is 45.7 Å². The average Bonchev–Trinajstić information content (AvgIpc) is 3.43. The lowest BCUT2D eigenvalue weighted by Gasteiger charge is -2.13. The molecule has 1 heterocycles. The molecule has 0 saturated heterocycles. The molecule has 138 valence electrons. The number of fused-ring (bicyclic) bond motifs is 1. The molecule has 1 amide bonds. The number of thiocarbonyl (C=S) groups is 1. The maximum absolute atomic E-state index is 12.6. The fraction of sp³-hybridized carbons (Fsp3) is 0.444. The van der Waals surface area contributed by atoms with Gasteiger partial charge in [-0.05, 0) is 43.5 Å². The number of benzene rings is 1. The van der Waals surface area contributed by atoms with Crippen molar-refractivity contribution < 1.29 is 4.79 Å². The summed E-state index contributed by atoms with van der Waals surface area (Å²) in [6.07, 6.45) is 2.98. The molecule has 3 rings (SSSR count). The molecule has 1 saturated carbocycles. The second kappa shape index (κ2) is 7.82. The summed E-state index contributed by atoms with van der Waals surface area (Å²) in [6.45, 7) is 4.63. The lowest BCUT2D eigenvalue weighted by atomic mass is 10.1. The van der Waals surface area contributed by atoms with Gasteiger partial charge in [0.25, 0.3) is 11.5 Å². The van der Waals surface area contributed by atoms with E-state index in [1.807, 2.05) is 0 Å². The fourth-order valence-electron chi connectivity index (χ4n) is 2.56. The van der Waals surface area contributed by atoms with Gasteiger partial charge in [0.1, 0.15) is 0 Å². The molecular formula is C18H23N5O2S. The SMILES string of the molecule is CC(C)CCn1nc(C(=O)NNC(=S)NC2CC2)c2ccccc2c1=O. The van der Waals surface area contributed by atoms with Gasteiger partial charge in [0, 0.05) is 18.0 Å². The highest BCUT2D eigenvalue weighted by molar-refractivity contribution is 7.80. The molecule has 0 atom stereocenters. The Morgan fingerprint density at radius 2 is 1.96 bits per heavy atom. The molecule has 8 heteroatoms. The zero-order valence-electron chi connectivity index (χ0n) is 14.9. The Kier molecular flexibility index (Phi) is 5.51. The van der Waals surface area contributed by atoms with Gasteiger partial charge in [-0.2, -0.15) is 5.10 Å². The number of aryl methyl sites for hydroxylation is 1. The summed E-state index contributed by atoms with van der Waals surface area (Å²) < 4.78 is 1.37. The molecule has 0 aliphatic heterocycles. The lowest BCUT2D eigenvalue weighted by Crippen LogP contribution is -2.48. The average molecular weight is 373 g/mol. The number of aromatic nitrogens is 2. The van der Waals surface area contributed by atoms with Gasteiger partial charge in [-0.25, -0.2) is 4.68 Å². The molecule has 1 aromatic carbocycles. The molecule has 1 aliphatic carbocycles. The summed E-state index contributed by atoms with van der Waals surface area (Å²) in [5.74, 6) is -0.000528. The third-order valence-electron chi connectivity index (χ3n) is 4.20. The highest BCUT2D eigenvalue weighted by Crippen LogP contribution is 2.18. The number of amides is 1. The van der Waals surface area contributed by atoms with E-state index in [2.05, 4.69) is 35.1 Å². The minimum Gasteiger partial charge on any atom is -0.359 e. The van der Waals surface area contributed by atoms with Gasteiger partial charge in [0.05, 0.1) is 5.39 Å². The van der Waals surface area contributed by atoms with Crippen LogP contribution in [0.25, 0.3) is 10.8 Å². The first-order valence-corrected chi connectivity index (χ1v) is 9.23. The van der Waals surface area contributed by atoms with Gasteiger partial charge in [0.15, 0.2) is 10.8 Å². The van der Waals surface area contributed by atoms with Crippen molar-refractivity contribution in [3.8, 4) is 0 Å². The molecule has 1 aromatic heterocycles. The van der Waals surface area contributed by atoms with Crippen LogP contribution in [0.15, 0.2) is 29.1 Å².